The van der Waals surface area contributed by atoms with Gasteiger partial charge in [0.05, 0.1) is 6.61 Å². The lowest BCUT2D eigenvalue weighted by Crippen LogP contribution is -1.93. The van der Waals surface area contributed by atoms with Gasteiger partial charge in [-0.1, -0.05) is 6.07 Å². The van der Waals surface area contributed by atoms with E-state index in [1.54, 1.807) is 24.3 Å². The fourth-order valence-corrected chi connectivity index (χ4v) is 0.763. The van der Waals surface area contributed by atoms with Crippen LogP contribution in [0, 0.1) is 6.92 Å². The molecule has 1 radical (unpaired) electrons. The Labute approximate surface area is 66.4 Å². The van der Waals surface area contributed by atoms with Crippen molar-refractivity contribution in [2.45, 2.75) is 6.42 Å². The van der Waals surface area contributed by atoms with Crippen LogP contribution in [-0.2, 0) is 0 Å². The van der Waals surface area contributed by atoms with Crippen molar-refractivity contribution < 1.29 is 9.84 Å². The van der Waals surface area contributed by atoms with Gasteiger partial charge in [0.15, 0.2) is 0 Å². The average Bonchev–Trinajstić information content (AvgIpc) is 2.01. The second-order valence-corrected chi connectivity index (χ2v) is 2.20. The molecule has 0 saturated heterocycles. The monoisotopic (exact) mass is 151 g/mol. The van der Waals surface area contributed by atoms with Crippen molar-refractivity contribution in [2.24, 2.45) is 0 Å². The fourth-order valence-electron chi connectivity index (χ4n) is 0.763. The molecule has 0 spiro atoms. The molecule has 0 aromatic heterocycles. The minimum atomic E-state index is 0.228. The van der Waals surface area contributed by atoms with Gasteiger partial charge in [-0.05, 0) is 25.5 Å². The first kappa shape index (κ1) is 7.92. The first-order valence-corrected chi connectivity index (χ1v) is 3.54. The lowest BCUT2D eigenvalue weighted by Gasteiger charge is -2.03. The zero-order valence-corrected chi connectivity index (χ0v) is 6.29. The third-order valence-electron chi connectivity index (χ3n) is 1.23. The van der Waals surface area contributed by atoms with E-state index in [4.69, 9.17) is 9.84 Å². The molecule has 0 amide bonds. The van der Waals surface area contributed by atoms with E-state index in [1.165, 1.54) is 0 Å². The molecule has 0 aliphatic rings. The molecule has 1 rings (SSSR count). The Morgan fingerprint density at radius 3 is 2.91 bits per heavy atom. The molecule has 2 heteroatoms. The number of hydrogen-bond acceptors (Lipinski definition) is 2. The minimum Gasteiger partial charge on any atom is -0.508 e. The Balaban J connectivity index is 2.56. The van der Waals surface area contributed by atoms with E-state index in [2.05, 4.69) is 6.92 Å². The zero-order valence-electron chi connectivity index (χ0n) is 6.29. The summed E-state index contributed by atoms with van der Waals surface area (Å²) in [5.74, 6) is 0.917. The highest BCUT2D eigenvalue weighted by atomic mass is 16.5. The third-order valence-corrected chi connectivity index (χ3v) is 1.23. The Hall–Kier alpha value is -1.18. The molecule has 0 atom stereocenters. The van der Waals surface area contributed by atoms with Crippen LogP contribution in [0.15, 0.2) is 24.3 Å². The maximum atomic E-state index is 9.02. The van der Waals surface area contributed by atoms with Crippen molar-refractivity contribution in [3.05, 3.63) is 31.2 Å². The third kappa shape index (κ3) is 2.50. The summed E-state index contributed by atoms with van der Waals surface area (Å²) in [6.45, 7) is 4.22. The van der Waals surface area contributed by atoms with Gasteiger partial charge in [-0.3, -0.25) is 0 Å². The summed E-state index contributed by atoms with van der Waals surface area (Å²) in [5, 5.41) is 9.02. The maximum absolute atomic E-state index is 9.02. The molecule has 59 valence electrons. The van der Waals surface area contributed by atoms with Crippen molar-refractivity contribution in [3.63, 3.8) is 0 Å². The van der Waals surface area contributed by atoms with E-state index in [0.717, 1.165) is 6.42 Å². The zero-order chi connectivity index (χ0) is 8.10. The molecule has 1 N–H and O–H groups in total. The van der Waals surface area contributed by atoms with Crippen LogP contribution in [0.4, 0.5) is 0 Å². The van der Waals surface area contributed by atoms with Crippen LogP contribution < -0.4 is 4.74 Å². The van der Waals surface area contributed by atoms with Crippen molar-refractivity contribution in [1.29, 1.82) is 0 Å². The van der Waals surface area contributed by atoms with Crippen LogP contribution in [-0.4, -0.2) is 11.7 Å². The van der Waals surface area contributed by atoms with E-state index in [-0.39, 0.29) is 5.75 Å². The normalized spacial score (nSPS) is 9.55. The first-order chi connectivity index (χ1) is 5.33. The van der Waals surface area contributed by atoms with E-state index in [9.17, 15) is 0 Å². The van der Waals surface area contributed by atoms with Gasteiger partial charge >= 0.3 is 0 Å². The van der Waals surface area contributed by atoms with Gasteiger partial charge in [-0.15, -0.1) is 0 Å². The molecule has 2 nitrogen and oxygen atoms in total. The van der Waals surface area contributed by atoms with Crippen LogP contribution in [0.2, 0.25) is 0 Å². The van der Waals surface area contributed by atoms with E-state index in [1.807, 2.05) is 0 Å². The molecule has 0 aliphatic carbocycles. The summed E-state index contributed by atoms with van der Waals surface area (Å²) in [7, 11) is 0. The molecule has 11 heavy (non-hydrogen) atoms. The van der Waals surface area contributed by atoms with Crippen molar-refractivity contribution in [3.8, 4) is 11.5 Å². The number of phenolic OH excluding ortho intramolecular Hbond substituents is 1. The van der Waals surface area contributed by atoms with Crippen LogP contribution >= 0.6 is 0 Å². The molecular weight excluding hydrogens is 140 g/mol. The summed E-state index contributed by atoms with van der Waals surface area (Å²) < 4.78 is 5.21. The van der Waals surface area contributed by atoms with Gasteiger partial charge in [0, 0.05) is 6.07 Å². The Morgan fingerprint density at radius 1 is 1.45 bits per heavy atom. The number of rotatable bonds is 3. The summed E-state index contributed by atoms with van der Waals surface area (Å²) in [4.78, 5) is 0. The van der Waals surface area contributed by atoms with Crippen LogP contribution in [0.1, 0.15) is 6.42 Å². The average molecular weight is 151 g/mol. The Morgan fingerprint density at radius 2 is 2.27 bits per heavy atom. The van der Waals surface area contributed by atoms with Crippen molar-refractivity contribution >= 4 is 0 Å². The van der Waals surface area contributed by atoms with Crippen LogP contribution in [0.5, 0.6) is 11.5 Å². The van der Waals surface area contributed by atoms with Gasteiger partial charge < -0.3 is 9.84 Å². The highest BCUT2D eigenvalue weighted by Crippen LogP contribution is 2.17. The SMILES string of the molecule is [CH2]CCOc1cccc(O)c1. The fraction of sp³-hybridized carbons (Fsp3) is 0.222. The van der Waals surface area contributed by atoms with Gasteiger partial charge in [0.2, 0.25) is 0 Å². The highest BCUT2D eigenvalue weighted by molar-refractivity contribution is 5.31. The number of aromatic hydroxyl groups is 1. The number of hydrogen-bond donors (Lipinski definition) is 1. The highest BCUT2D eigenvalue weighted by Gasteiger charge is 1.92. The lowest BCUT2D eigenvalue weighted by atomic mass is 10.3. The first-order valence-electron chi connectivity index (χ1n) is 3.54. The van der Waals surface area contributed by atoms with E-state index < -0.39 is 0 Å². The van der Waals surface area contributed by atoms with Crippen molar-refractivity contribution in [1.82, 2.24) is 0 Å². The molecule has 1 aromatic carbocycles. The standard InChI is InChI=1S/C9H11O2/c1-2-6-11-9-5-3-4-8(10)7-9/h3-5,7,10H,1-2,6H2. The van der Waals surface area contributed by atoms with E-state index >= 15 is 0 Å². The second kappa shape index (κ2) is 3.86. The summed E-state index contributed by atoms with van der Waals surface area (Å²) >= 11 is 0. The predicted molar refractivity (Wildman–Crippen MR) is 43.6 cm³/mol. The topological polar surface area (TPSA) is 29.5 Å². The van der Waals surface area contributed by atoms with Gasteiger partial charge in [0.1, 0.15) is 11.5 Å². The van der Waals surface area contributed by atoms with Crippen molar-refractivity contribution in [2.75, 3.05) is 6.61 Å². The molecule has 0 bridgehead atoms. The molecule has 0 fully saturated rings. The predicted octanol–water partition coefficient (Wildman–Crippen LogP) is 2.00. The Bertz CT molecular complexity index is 221. The van der Waals surface area contributed by atoms with Crippen LogP contribution in [0.25, 0.3) is 0 Å². The smallest absolute Gasteiger partial charge is 0.122 e. The lowest BCUT2D eigenvalue weighted by molar-refractivity contribution is 0.322. The maximum Gasteiger partial charge on any atom is 0.122 e. The number of ether oxygens (including phenoxy) is 1. The molecule has 0 saturated carbocycles. The summed E-state index contributed by atoms with van der Waals surface area (Å²) in [6.07, 6.45) is 0.732. The molecule has 1 aromatic rings. The second-order valence-electron chi connectivity index (χ2n) is 2.20. The largest absolute Gasteiger partial charge is 0.508 e. The van der Waals surface area contributed by atoms with Gasteiger partial charge in [0.25, 0.3) is 0 Å². The van der Waals surface area contributed by atoms with Gasteiger partial charge in [-0.25, -0.2) is 0 Å². The molecular formula is C9H11O2. The van der Waals surface area contributed by atoms with Crippen LogP contribution in [0.3, 0.4) is 0 Å². The number of benzene rings is 1. The summed E-state index contributed by atoms with van der Waals surface area (Å²) in [6, 6.07) is 6.73. The number of phenols is 1. The quantitative estimate of drug-likeness (QED) is 0.715. The minimum absolute atomic E-state index is 0.228. The summed E-state index contributed by atoms with van der Waals surface area (Å²) in [5.41, 5.74) is 0. The molecule has 0 unspecified atom stereocenters. The molecule has 0 aliphatic heterocycles. The van der Waals surface area contributed by atoms with Gasteiger partial charge in [-0.2, -0.15) is 0 Å². The van der Waals surface area contributed by atoms with E-state index in [0.29, 0.717) is 12.4 Å². The molecule has 0 heterocycles. The Kier molecular flexibility index (Phi) is 2.78.